The lowest BCUT2D eigenvalue weighted by Gasteiger charge is -2.57. The van der Waals surface area contributed by atoms with Crippen molar-refractivity contribution in [2.45, 2.75) is 169 Å². The van der Waals surface area contributed by atoms with Gasteiger partial charge in [0.25, 0.3) is 0 Å². The maximum Gasteiger partial charge on any atom is 0.110 e. The minimum Gasteiger partial charge on any atom is -0.383 e. The van der Waals surface area contributed by atoms with Crippen LogP contribution in [0, 0.1) is 0 Å². The lowest BCUT2D eigenvalue weighted by atomic mass is 9.74. The molecule has 6 fully saturated rings. The van der Waals surface area contributed by atoms with E-state index in [0.717, 1.165) is 51.6 Å². The number of aliphatic hydroxyl groups is 1. The van der Waals surface area contributed by atoms with Gasteiger partial charge in [0.05, 0.1) is 65.6 Å². The number of allylic oxidation sites excluding steroid dienone is 4. The van der Waals surface area contributed by atoms with Crippen LogP contribution in [0.25, 0.3) is 0 Å². The molecule has 7 aliphatic heterocycles. The molecule has 7 heterocycles. The molecule has 44 heavy (non-hydrogen) atoms. The zero-order chi connectivity index (χ0) is 30.7. The van der Waals surface area contributed by atoms with Crippen LogP contribution in [0.3, 0.4) is 0 Å². The lowest BCUT2D eigenvalue weighted by molar-refractivity contribution is -0.328. The highest BCUT2D eigenvalue weighted by molar-refractivity contribution is 5.20. The monoisotopic (exact) mass is 612 g/mol. The molecule has 8 nitrogen and oxygen atoms in total. The summed E-state index contributed by atoms with van der Waals surface area (Å²) in [4.78, 5) is 0. The van der Waals surface area contributed by atoms with Crippen LogP contribution >= 0.6 is 0 Å². The van der Waals surface area contributed by atoms with E-state index in [1.54, 1.807) is 6.92 Å². The molecule has 0 radical (unpaired) electrons. The van der Waals surface area contributed by atoms with E-state index in [0.29, 0.717) is 12.8 Å². The predicted molar refractivity (Wildman–Crippen MR) is 165 cm³/mol. The molecule has 0 aromatic heterocycles. The average Bonchev–Trinajstić information content (AvgIpc) is 3.17. The number of rotatable bonds is 4. The van der Waals surface area contributed by atoms with E-state index in [2.05, 4.69) is 27.4 Å². The van der Waals surface area contributed by atoms with Gasteiger partial charge in [-0.15, -0.1) is 6.58 Å². The molecule has 0 amide bonds. The quantitative estimate of drug-likeness (QED) is 0.339. The Hall–Kier alpha value is -1.36. The third kappa shape index (κ3) is 5.72. The fourth-order valence-electron chi connectivity index (χ4n) is 9.00. The second-order valence-corrected chi connectivity index (χ2v) is 15.1. The van der Waals surface area contributed by atoms with Crippen molar-refractivity contribution in [2.75, 3.05) is 6.61 Å². The van der Waals surface area contributed by atoms with Gasteiger partial charge in [-0.3, -0.25) is 0 Å². The summed E-state index contributed by atoms with van der Waals surface area (Å²) in [5.74, 6) is 0. The Bertz CT molecular complexity index is 1160. The Morgan fingerprint density at radius 1 is 0.795 bits per heavy atom. The third-order valence-electron chi connectivity index (χ3n) is 11.4. The number of fused-ring (bicyclic) bond motifs is 6. The first-order valence-electron chi connectivity index (χ1n) is 17.0. The fraction of sp³-hybridized carbons (Fsp3) is 0.778. The Kier molecular flexibility index (Phi) is 8.32. The fourth-order valence-corrected chi connectivity index (χ4v) is 9.00. The van der Waals surface area contributed by atoms with E-state index in [-0.39, 0.29) is 60.5 Å². The van der Waals surface area contributed by atoms with Crippen molar-refractivity contribution in [2.24, 2.45) is 0 Å². The summed E-state index contributed by atoms with van der Waals surface area (Å²) in [5, 5.41) is 11.3. The topological polar surface area (TPSA) is 84.8 Å². The number of hydrogen-bond acceptors (Lipinski definition) is 8. The van der Waals surface area contributed by atoms with E-state index in [1.165, 1.54) is 0 Å². The minimum atomic E-state index is -1.16. The van der Waals surface area contributed by atoms with Crippen LogP contribution in [0.1, 0.15) is 85.5 Å². The van der Waals surface area contributed by atoms with Crippen LogP contribution in [0.2, 0.25) is 0 Å². The number of hydrogen-bond donors (Lipinski definition) is 1. The predicted octanol–water partition coefficient (Wildman–Crippen LogP) is 5.28. The van der Waals surface area contributed by atoms with Gasteiger partial charge in [-0.1, -0.05) is 42.5 Å². The molecule has 0 aliphatic carbocycles. The van der Waals surface area contributed by atoms with Gasteiger partial charge in [-0.2, -0.15) is 0 Å². The van der Waals surface area contributed by atoms with Gasteiger partial charge >= 0.3 is 0 Å². The summed E-state index contributed by atoms with van der Waals surface area (Å²) in [6.07, 6.45) is 20.1. The molecule has 0 aromatic carbocycles. The highest BCUT2D eigenvalue weighted by atomic mass is 16.6. The van der Waals surface area contributed by atoms with Crippen LogP contribution in [0.5, 0.6) is 0 Å². The highest BCUT2D eigenvalue weighted by Gasteiger charge is 2.61. The number of ether oxygens (including phenoxy) is 7. The van der Waals surface area contributed by atoms with Gasteiger partial charge < -0.3 is 38.3 Å². The van der Waals surface area contributed by atoms with Crippen LogP contribution in [0.15, 0.2) is 49.1 Å². The minimum absolute atomic E-state index is 0.0121. The third-order valence-corrected chi connectivity index (χ3v) is 11.4. The Labute approximate surface area is 262 Å². The molecule has 7 aliphatic rings. The van der Waals surface area contributed by atoms with Gasteiger partial charge in [0.15, 0.2) is 0 Å². The Morgan fingerprint density at radius 3 is 2.45 bits per heavy atom. The van der Waals surface area contributed by atoms with E-state index in [9.17, 15) is 5.11 Å². The van der Waals surface area contributed by atoms with E-state index >= 15 is 0 Å². The SMILES string of the molecule is C=CC/C=C\C=C/[C@H]1O[C@H]2C[C@H]3O[C@H]4CC[C@H]5O[C@H]6C[C@@]7(C)OCCC[C@@H]7O[C@@H]6C[C@@H]5O[C@]4(C)C[C@]3(C)OC2C=C[C@]1(C)O. The molecule has 7 rings (SSSR count). The molecule has 14 atom stereocenters. The zero-order valence-electron chi connectivity index (χ0n) is 26.9. The van der Waals surface area contributed by atoms with Gasteiger partial charge in [0, 0.05) is 32.3 Å². The summed E-state index contributed by atoms with van der Waals surface area (Å²) in [6, 6.07) is 0. The molecule has 244 valence electrons. The average molecular weight is 613 g/mol. The van der Waals surface area contributed by atoms with Gasteiger partial charge in [-0.25, -0.2) is 0 Å². The van der Waals surface area contributed by atoms with Crippen molar-refractivity contribution in [1.82, 2.24) is 0 Å². The Morgan fingerprint density at radius 2 is 1.61 bits per heavy atom. The second kappa shape index (κ2) is 11.7. The first-order valence-corrected chi connectivity index (χ1v) is 17.0. The summed E-state index contributed by atoms with van der Waals surface area (Å²) < 4.78 is 47.1. The molecule has 0 spiro atoms. The van der Waals surface area contributed by atoms with Crippen LogP contribution in [0.4, 0.5) is 0 Å². The summed E-state index contributed by atoms with van der Waals surface area (Å²) in [6.45, 7) is 12.9. The largest absolute Gasteiger partial charge is 0.383 e. The maximum absolute atomic E-state index is 11.3. The van der Waals surface area contributed by atoms with Crippen molar-refractivity contribution in [3.8, 4) is 0 Å². The molecule has 0 saturated carbocycles. The molecular formula is C36H52O8. The van der Waals surface area contributed by atoms with Crippen molar-refractivity contribution >= 4 is 0 Å². The molecular weight excluding hydrogens is 560 g/mol. The molecule has 0 bridgehead atoms. The van der Waals surface area contributed by atoms with Crippen molar-refractivity contribution in [3.63, 3.8) is 0 Å². The first-order chi connectivity index (χ1) is 21.0. The summed E-state index contributed by atoms with van der Waals surface area (Å²) >= 11 is 0. The van der Waals surface area contributed by atoms with Crippen molar-refractivity contribution in [3.05, 3.63) is 49.1 Å². The maximum atomic E-state index is 11.3. The van der Waals surface area contributed by atoms with E-state index in [1.807, 2.05) is 42.5 Å². The molecule has 8 heteroatoms. The molecule has 1 N–H and O–H groups in total. The van der Waals surface area contributed by atoms with Crippen LogP contribution in [-0.2, 0) is 33.2 Å². The standard InChI is InChI=1S/C36H52O8/c1-6-7-8-9-10-12-29-33(2,37)17-16-24-26(40-29)20-32-36(5,43-24)22-35(4)31(42-32)15-14-23-27(44-35)19-25-28(39-23)21-34(3)30(41-25)13-11-18-38-34/h6,8-10,12,16-17,23-32,37H,1,7,11,13-15,18-22H2,2-5H3/b9-8-,12-10-/t23-,24?,25-,26+,27+,28+,29-,30+,31+,32-,33+,34-,35-,36+/m1/s1. The molecule has 0 aromatic rings. The van der Waals surface area contributed by atoms with Gasteiger partial charge in [-0.05, 0) is 59.8 Å². The van der Waals surface area contributed by atoms with Crippen LogP contribution < -0.4 is 0 Å². The molecule has 1 unspecified atom stereocenters. The van der Waals surface area contributed by atoms with Gasteiger partial charge in [0.2, 0.25) is 0 Å². The van der Waals surface area contributed by atoms with E-state index in [4.69, 9.17) is 33.2 Å². The molecule has 6 saturated heterocycles. The van der Waals surface area contributed by atoms with Crippen molar-refractivity contribution < 1.29 is 38.3 Å². The highest BCUT2D eigenvalue weighted by Crippen LogP contribution is 2.51. The van der Waals surface area contributed by atoms with Crippen LogP contribution in [-0.4, -0.2) is 95.2 Å². The van der Waals surface area contributed by atoms with Crippen molar-refractivity contribution in [1.29, 1.82) is 0 Å². The first kappa shape index (κ1) is 31.3. The smallest absolute Gasteiger partial charge is 0.110 e. The zero-order valence-corrected chi connectivity index (χ0v) is 26.9. The Balaban J connectivity index is 1.06. The normalized spacial score (nSPS) is 53.8. The summed E-state index contributed by atoms with van der Waals surface area (Å²) in [5.41, 5.74) is -2.50. The van der Waals surface area contributed by atoms with E-state index < -0.39 is 22.9 Å². The summed E-state index contributed by atoms with van der Waals surface area (Å²) in [7, 11) is 0. The lowest BCUT2D eigenvalue weighted by Crippen LogP contribution is -2.67. The second-order valence-electron chi connectivity index (χ2n) is 15.1. The van der Waals surface area contributed by atoms with Gasteiger partial charge in [0.1, 0.15) is 17.8 Å².